The molecule has 11 heteroatoms. The zero-order valence-corrected chi connectivity index (χ0v) is 24.6. The third kappa shape index (κ3) is 6.25. The quantitative estimate of drug-likeness (QED) is 0.266. The standard InChI is InChI=1S/C29H48N4O7/c1-27(2,3)40-26(37)32-21(17-12-7-6-8-13-17)24(35)33-15-18-20(28(18,4)5)22(33)23(34)31-19(14-16-10-9-11-16)29(38,39)25(30)36/h16-22,38-39H,6-15H2,1-5H3,(H2,30,36)(H,31,34)(H,32,37)/t18-,19-,20-,21-,22-/m0/s1. The first-order chi connectivity index (χ1) is 18.5. The highest BCUT2D eigenvalue weighted by Gasteiger charge is 2.70. The third-order valence-electron chi connectivity index (χ3n) is 9.78. The van der Waals surface area contributed by atoms with E-state index < -0.39 is 47.4 Å². The van der Waals surface area contributed by atoms with Gasteiger partial charge in [-0.25, -0.2) is 4.79 Å². The fourth-order valence-corrected chi connectivity index (χ4v) is 7.09. The van der Waals surface area contributed by atoms with Gasteiger partial charge in [0.2, 0.25) is 11.8 Å². The molecule has 1 aliphatic heterocycles. The number of carbonyl (C=O) groups excluding carboxylic acids is 4. The van der Waals surface area contributed by atoms with Crippen molar-refractivity contribution in [1.82, 2.24) is 15.5 Å². The molecule has 226 valence electrons. The SMILES string of the molecule is CC(C)(C)OC(=O)N[C@H](C(=O)N1C[C@H]2[C@@H]([C@H]1C(=O)N[C@@H](CC1CCC1)C(O)(O)C(N)=O)C2(C)C)C1CCCCC1. The Morgan fingerprint density at radius 1 is 1.00 bits per heavy atom. The van der Waals surface area contributed by atoms with E-state index in [-0.39, 0.29) is 41.4 Å². The zero-order chi connectivity index (χ0) is 29.6. The molecule has 0 radical (unpaired) electrons. The van der Waals surface area contributed by atoms with Crippen molar-refractivity contribution in [1.29, 1.82) is 0 Å². The highest BCUT2D eigenvalue weighted by molar-refractivity contribution is 5.93. The van der Waals surface area contributed by atoms with E-state index in [4.69, 9.17) is 10.5 Å². The van der Waals surface area contributed by atoms with Crippen molar-refractivity contribution in [3.63, 3.8) is 0 Å². The molecule has 4 rings (SSSR count). The Morgan fingerprint density at radius 2 is 1.62 bits per heavy atom. The predicted molar refractivity (Wildman–Crippen MR) is 146 cm³/mol. The van der Waals surface area contributed by atoms with Gasteiger partial charge in [0.15, 0.2) is 0 Å². The third-order valence-corrected chi connectivity index (χ3v) is 9.78. The first-order valence-electron chi connectivity index (χ1n) is 14.9. The number of primary amides is 1. The van der Waals surface area contributed by atoms with Crippen molar-refractivity contribution in [2.24, 2.45) is 34.8 Å². The second-order valence-corrected chi connectivity index (χ2v) is 14.1. The van der Waals surface area contributed by atoms with Gasteiger partial charge in [0, 0.05) is 6.54 Å². The van der Waals surface area contributed by atoms with E-state index in [9.17, 15) is 29.4 Å². The highest BCUT2D eigenvalue weighted by Crippen LogP contribution is 2.65. The van der Waals surface area contributed by atoms with E-state index in [0.29, 0.717) is 6.54 Å². The van der Waals surface area contributed by atoms with Crippen LogP contribution in [0.4, 0.5) is 4.79 Å². The average molecular weight is 565 g/mol. The number of amides is 4. The largest absolute Gasteiger partial charge is 0.444 e. The van der Waals surface area contributed by atoms with Gasteiger partial charge in [-0.3, -0.25) is 14.4 Å². The van der Waals surface area contributed by atoms with Crippen LogP contribution in [0.15, 0.2) is 0 Å². The van der Waals surface area contributed by atoms with Crippen LogP contribution < -0.4 is 16.4 Å². The number of likely N-dealkylation sites (tertiary alicyclic amines) is 1. The van der Waals surface area contributed by atoms with Crippen LogP contribution in [0.3, 0.4) is 0 Å². The first-order valence-corrected chi connectivity index (χ1v) is 14.9. The number of aliphatic hydroxyl groups is 2. The second-order valence-electron chi connectivity index (χ2n) is 14.1. The number of hydrogen-bond acceptors (Lipinski definition) is 7. The Balaban J connectivity index is 1.57. The van der Waals surface area contributed by atoms with Crippen molar-refractivity contribution < 1.29 is 34.1 Å². The number of rotatable bonds is 9. The van der Waals surface area contributed by atoms with Gasteiger partial charge in [-0.2, -0.15) is 0 Å². The molecule has 1 heterocycles. The van der Waals surface area contributed by atoms with E-state index >= 15 is 0 Å². The molecule has 3 saturated carbocycles. The van der Waals surface area contributed by atoms with Gasteiger partial charge in [0.05, 0.1) is 6.04 Å². The van der Waals surface area contributed by atoms with Crippen LogP contribution in [0.25, 0.3) is 0 Å². The summed E-state index contributed by atoms with van der Waals surface area (Å²) in [4.78, 5) is 54.3. The van der Waals surface area contributed by atoms with Crippen molar-refractivity contribution >= 4 is 23.8 Å². The van der Waals surface area contributed by atoms with Crippen LogP contribution in [0.2, 0.25) is 0 Å². The molecular formula is C29H48N4O7. The van der Waals surface area contributed by atoms with Gasteiger partial charge < -0.3 is 36.2 Å². The fraction of sp³-hybridized carbons (Fsp3) is 0.862. The summed E-state index contributed by atoms with van der Waals surface area (Å²) in [7, 11) is 0. The number of alkyl carbamates (subject to hydrolysis) is 1. The molecule has 0 bridgehead atoms. The lowest BCUT2D eigenvalue weighted by molar-refractivity contribution is -0.196. The molecule has 6 N–H and O–H groups in total. The Bertz CT molecular complexity index is 997. The number of fused-ring (bicyclic) bond motifs is 1. The number of nitrogens with two attached hydrogens (primary N) is 1. The molecule has 0 aromatic rings. The summed E-state index contributed by atoms with van der Waals surface area (Å²) in [6.45, 7) is 9.75. The zero-order valence-electron chi connectivity index (χ0n) is 24.6. The maximum Gasteiger partial charge on any atom is 0.408 e. The molecule has 11 nitrogen and oxygen atoms in total. The topological polar surface area (TPSA) is 171 Å². The van der Waals surface area contributed by atoms with Crippen LogP contribution in [-0.2, 0) is 19.1 Å². The summed E-state index contributed by atoms with van der Waals surface area (Å²) in [6, 6.07) is -3.00. The van der Waals surface area contributed by atoms with Gasteiger partial charge in [0.1, 0.15) is 17.7 Å². The minimum Gasteiger partial charge on any atom is -0.444 e. The van der Waals surface area contributed by atoms with Crippen LogP contribution in [-0.4, -0.2) is 75.0 Å². The summed E-state index contributed by atoms with van der Waals surface area (Å²) in [6.07, 6.45) is 6.82. The second kappa shape index (κ2) is 11.1. The predicted octanol–water partition coefficient (Wildman–Crippen LogP) is 1.78. The number of nitrogens with one attached hydrogen (secondary N) is 2. The van der Waals surface area contributed by atoms with Gasteiger partial charge in [-0.05, 0) is 69.1 Å². The van der Waals surface area contributed by atoms with Crippen LogP contribution in [0.1, 0.15) is 92.4 Å². The molecule has 4 fully saturated rings. The molecule has 0 spiro atoms. The number of nitrogens with zero attached hydrogens (tertiary/aromatic N) is 1. The average Bonchev–Trinajstić information content (AvgIpc) is 3.15. The molecule has 40 heavy (non-hydrogen) atoms. The van der Waals surface area contributed by atoms with E-state index in [1.54, 1.807) is 25.7 Å². The smallest absolute Gasteiger partial charge is 0.408 e. The first kappa shape index (κ1) is 30.6. The van der Waals surface area contributed by atoms with Crippen molar-refractivity contribution in [3.8, 4) is 0 Å². The molecule has 1 saturated heterocycles. The van der Waals surface area contributed by atoms with Gasteiger partial charge in [0.25, 0.3) is 11.7 Å². The Morgan fingerprint density at radius 3 is 2.15 bits per heavy atom. The Hall–Kier alpha value is -2.40. The summed E-state index contributed by atoms with van der Waals surface area (Å²) >= 11 is 0. The monoisotopic (exact) mass is 564 g/mol. The van der Waals surface area contributed by atoms with Crippen LogP contribution in [0, 0.1) is 29.1 Å². The van der Waals surface area contributed by atoms with E-state index in [2.05, 4.69) is 24.5 Å². The lowest BCUT2D eigenvalue weighted by Crippen LogP contribution is -2.64. The summed E-state index contributed by atoms with van der Waals surface area (Å²) in [5.41, 5.74) is 4.38. The fourth-order valence-electron chi connectivity index (χ4n) is 7.09. The van der Waals surface area contributed by atoms with E-state index in [0.717, 1.165) is 51.4 Å². The molecule has 0 aromatic heterocycles. The number of ether oxygens (including phenoxy) is 1. The van der Waals surface area contributed by atoms with Crippen molar-refractivity contribution in [2.75, 3.05) is 6.54 Å². The minimum atomic E-state index is -2.92. The number of piperidine rings is 1. The normalized spacial score (nSPS) is 28.1. The summed E-state index contributed by atoms with van der Waals surface area (Å²) in [5.74, 6) is -5.09. The van der Waals surface area contributed by atoms with Crippen molar-refractivity contribution in [3.05, 3.63) is 0 Å². The number of hydrogen-bond donors (Lipinski definition) is 5. The molecule has 5 atom stereocenters. The molecule has 4 aliphatic rings. The lowest BCUT2D eigenvalue weighted by Gasteiger charge is -2.39. The molecule has 4 amide bonds. The molecule has 0 unspecified atom stereocenters. The Labute approximate surface area is 236 Å². The van der Waals surface area contributed by atoms with Crippen LogP contribution >= 0.6 is 0 Å². The van der Waals surface area contributed by atoms with Gasteiger partial charge >= 0.3 is 6.09 Å². The molecule has 3 aliphatic carbocycles. The van der Waals surface area contributed by atoms with Gasteiger partial charge in [-0.1, -0.05) is 52.4 Å². The Kier molecular flexibility index (Phi) is 8.49. The lowest BCUT2D eigenvalue weighted by atomic mass is 9.79. The maximum atomic E-state index is 14.2. The summed E-state index contributed by atoms with van der Waals surface area (Å²) < 4.78 is 5.48. The highest BCUT2D eigenvalue weighted by atomic mass is 16.6. The molecule has 0 aromatic carbocycles. The molecular weight excluding hydrogens is 516 g/mol. The van der Waals surface area contributed by atoms with Crippen molar-refractivity contribution in [2.45, 2.75) is 122 Å². The van der Waals surface area contributed by atoms with E-state index in [1.165, 1.54) is 0 Å². The minimum absolute atomic E-state index is 0.0776. The summed E-state index contributed by atoms with van der Waals surface area (Å²) in [5, 5.41) is 26.6. The van der Waals surface area contributed by atoms with E-state index in [1.807, 2.05) is 0 Å². The maximum absolute atomic E-state index is 14.2. The number of carbonyl (C=O) groups is 4. The van der Waals surface area contributed by atoms with Crippen LogP contribution in [0.5, 0.6) is 0 Å². The van der Waals surface area contributed by atoms with Gasteiger partial charge in [-0.15, -0.1) is 0 Å².